The summed E-state index contributed by atoms with van der Waals surface area (Å²) >= 11 is 5.92. The molecule has 1 aromatic rings. The first-order valence-electron chi connectivity index (χ1n) is 3.17. The van der Waals surface area contributed by atoms with Gasteiger partial charge in [-0.3, -0.25) is 0 Å². The van der Waals surface area contributed by atoms with Gasteiger partial charge in [0.05, 0.1) is 0 Å². The van der Waals surface area contributed by atoms with E-state index in [0.717, 1.165) is 10.2 Å². The van der Waals surface area contributed by atoms with E-state index in [1.165, 1.54) is 0 Å². The maximum Gasteiger partial charge on any atom is 0.232 e. The Kier molecular flexibility index (Phi) is 3.32. The number of rotatable bonds is 2. The van der Waals surface area contributed by atoms with Gasteiger partial charge in [0.15, 0.2) is 0 Å². The van der Waals surface area contributed by atoms with Crippen molar-refractivity contribution in [2.45, 2.75) is 6.55 Å². The molecule has 0 bridgehead atoms. The lowest BCUT2D eigenvalue weighted by molar-refractivity contribution is 0.654. The zero-order chi connectivity index (χ0) is 8.27. The highest BCUT2D eigenvalue weighted by atomic mass is 35.5. The molecule has 0 aliphatic rings. The summed E-state index contributed by atoms with van der Waals surface area (Å²) < 4.78 is 5.04. The zero-order valence-electron chi connectivity index (χ0n) is 6.10. The first kappa shape index (κ1) is 9.00. The van der Waals surface area contributed by atoms with E-state index in [1.807, 2.05) is 30.8 Å². The molecule has 0 saturated carbocycles. The summed E-state index contributed by atoms with van der Waals surface area (Å²) in [6, 6.07) is 7.72. The maximum absolute atomic E-state index is 5.92. The van der Waals surface area contributed by atoms with Crippen molar-refractivity contribution in [2.24, 2.45) is 0 Å². The maximum atomic E-state index is 5.92. The van der Waals surface area contributed by atoms with Crippen molar-refractivity contribution in [3.05, 3.63) is 29.3 Å². The number of benzene rings is 1. The van der Waals surface area contributed by atoms with Crippen LogP contribution in [0.25, 0.3) is 0 Å². The Bertz CT molecular complexity index is 242. The summed E-state index contributed by atoms with van der Waals surface area (Å²) in [6.45, 7) is 2.03. The molecule has 0 fully saturated rings. The van der Waals surface area contributed by atoms with Crippen molar-refractivity contribution in [1.29, 1.82) is 0 Å². The molecule has 1 aromatic carbocycles. The quantitative estimate of drug-likeness (QED) is 0.651. The Labute approximate surface area is 76.6 Å². The second kappa shape index (κ2) is 4.06. The van der Waals surface area contributed by atoms with Gasteiger partial charge in [0.25, 0.3) is 0 Å². The van der Waals surface area contributed by atoms with Crippen LogP contribution in [0.3, 0.4) is 0 Å². The predicted octanol–water partition coefficient (Wildman–Crippen LogP) is 1.27. The summed E-state index contributed by atoms with van der Waals surface area (Å²) in [5, 5.41) is 1.87. The van der Waals surface area contributed by atoms with E-state index in [2.05, 4.69) is 10.5 Å². The van der Waals surface area contributed by atoms with E-state index in [4.69, 9.17) is 15.7 Å². The SMILES string of the molecule is C[Si](O[Si])c1ccccc1Cl. The van der Waals surface area contributed by atoms with Crippen LogP contribution in [0.15, 0.2) is 24.3 Å². The van der Waals surface area contributed by atoms with Gasteiger partial charge in [-0.2, -0.15) is 0 Å². The normalized spacial score (nSPS) is 10.5. The van der Waals surface area contributed by atoms with Gasteiger partial charge in [0.1, 0.15) is 0 Å². The molecule has 0 unspecified atom stereocenters. The van der Waals surface area contributed by atoms with E-state index in [1.54, 1.807) is 0 Å². The van der Waals surface area contributed by atoms with Crippen LogP contribution in [0.1, 0.15) is 0 Å². The third-order valence-corrected chi connectivity index (χ3v) is 4.31. The van der Waals surface area contributed by atoms with Crippen LogP contribution < -0.4 is 5.19 Å². The van der Waals surface area contributed by atoms with E-state index in [9.17, 15) is 0 Å². The molecule has 0 saturated heterocycles. The average Bonchev–Trinajstić information content (AvgIpc) is 2.04. The Morgan fingerprint density at radius 3 is 2.64 bits per heavy atom. The third kappa shape index (κ3) is 2.17. The topological polar surface area (TPSA) is 9.23 Å². The molecule has 1 nitrogen and oxygen atoms in total. The van der Waals surface area contributed by atoms with Gasteiger partial charge in [-0.15, -0.1) is 0 Å². The van der Waals surface area contributed by atoms with Gasteiger partial charge in [-0.05, 0) is 17.8 Å². The van der Waals surface area contributed by atoms with E-state index in [-0.39, 0.29) is 0 Å². The molecule has 56 valence electrons. The largest absolute Gasteiger partial charge is 0.454 e. The van der Waals surface area contributed by atoms with Crippen LogP contribution in [-0.4, -0.2) is 19.5 Å². The molecule has 0 spiro atoms. The number of hydrogen-bond acceptors (Lipinski definition) is 1. The van der Waals surface area contributed by atoms with Gasteiger partial charge in [0.2, 0.25) is 19.5 Å². The Morgan fingerprint density at radius 1 is 1.45 bits per heavy atom. The molecule has 0 heterocycles. The molecule has 4 radical (unpaired) electrons. The monoisotopic (exact) mass is 198 g/mol. The van der Waals surface area contributed by atoms with Crippen LogP contribution in [0, 0.1) is 0 Å². The summed E-state index contributed by atoms with van der Waals surface area (Å²) in [4.78, 5) is 0. The summed E-state index contributed by atoms with van der Waals surface area (Å²) in [5.41, 5.74) is 0. The summed E-state index contributed by atoms with van der Waals surface area (Å²) in [7, 11) is 2.06. The van der Waals surface area contributed by atoms with Gasteiger partial charge in [0, 0.05) is 5.02 Å². The second-order valence-electron chi connectivity index (χ2n) is 2.14. The van der Waals surface area contributed by atoms with Crippen LogP contribution in [0.5, 0.6) is 0 Å². The van der Waals surface area contributed by atoms with Crippen molar-refractivity contribution >= 4 is 36.3 Å². The van der Waals surface area contributed by atoms with E-state index >= 15 is 0 Å². The lowest BCUT2D eigenvalue weighted by Gasteiger charge is -2.07. The third-order valence-electron chi connectivity index (χ3n) is 1.41. The molecule has 0 amide bonds. The fourth-order valence-electron chi connectivity index (χ4n) is 0.802. The van der Waals surface area contributed by atoms with Crippen LogP contribution in [0.2, 0.25) is 11.6 Å². The van der Waals surface area contributed by atoms with Crippen LogP contribution in [-0.2, 0) is 4.12 Å². The molecule has 0 aliphatic heterocycles. The van der Waals surface area contributed by atoms with Gasteiger partial charge in [-0.1, -0.05) is 29.8 Å². The van der Waals surface area contributed by atoms with Gasteiger partial charge in [-0.25, -0.2) is 0 Å². The first-order valence-corrected chi connectivity index (χ1v) is 5.87. The molecule has 4 heteroatoms. The van der Waals surface area contributed by atoms with Crippen LogP contribution >= 0.6 is 11.6 Å². The Morgan fingerprint density at radius 2 is 2.09 bits per heavy atom. The minimum Gasteiger partial charge on any atom is -0.454 e. The Balaban J connectivity index is 2.93. The van der Waals surface area contributed by atoms with Crippen LogP contribution in [0.4, 0.5) is 0 Å². The zero-order valence-corrected chi connectivity index (χ0v) is 8.85. The highest BCUT2D eigenvalue weighted by molar-refractivity contribution is 6.71. The molecule has 1 rings (SSSR count). The van der Waals surface area contributed by atoms with Crippen molar-refractivity contribution in [2.75, 3.05) is 0 Å². The lowest BCUT2D eigenvalue weighted by Crippen LogP contribution is -2.29. The molecule has 0 atom stereocenters. The van der Waals surface area contributed by atoms with Gasteiger partial charge < -0.3 is 4.12 Å². The number of halogens is 1. The molecule has 0 aliphatic carbocycles. The highest BCUT2D eigenvalue weighted by Crippen LogP contribution is 2.04. The lowest BCUT2D eigenvalue weighted by atomic mass is 10.4. The molecule has 0 aromatic heterocycles. The van der Waals surface area contributed by atoms with Crippen molar-refractivity contribution in [3.63, 3.8) is 0 Å². The van der Waals surface area contributed by atoms with Gasteiger partial charge >= 0.3 is 0 Å². The molecule has 11 heavy (non-hydrogen) atoms. The van der Waals surface area contributed by atoms with E-state index < -0.39 is 9.04 Å². The summed E-state index contributed by atoms with van der Waals surface area (Å²) in [6.07, 6.45) is 0. The van der Waals surface area contributed by atoms with Crippen molar-refractivity contribution in [3.8, 4) is 0 Å². The van der Waals surface area contributed by atoms with E-state index in [0.29, 0.717) is 0 Å². The molecule has 0 N–H and O–H groups in total. The summed E-state index contributed by atoms with van der Waals surface area (Å²) in [5.74, 6) is 0. The average molecular weight is 199 g/mol. The second-order valence-corrected chi connectivity index (χ2v) is 5.01. The van der Waals surface area contributed by atoms with Crippen molar-refractivity contribution < 1.29 is 4.12 Å². The number of hydrogen-bond donors (Lipinski definition) is 0. The minimum atomic E-state index is -0.955. The molecular weight excluding hydrogens is 192 g/mol. The van der Waals surface area contributed by atoms with Crippen molar-refractivity contribution in [1.82, 2.24) is 0 Å². The minimum absolute atomic E-state index is 0.780. The fraction of sp³-hybridized carbons (Fsp3) is 0.143. The first-order chi connectivity index (χ1) is 5.25. The predicted molar refractivity (Wildman–Crippen MR) is 49.5 cm³/mol. The molecular formula is C7H7ClOSi2. The fourth-order valence-corrected chi connectivity index (χ4v) is 2.53. The highest BCUT2D eigenvalue weighted by Gasteiger charge is 2.09. The smallest absolute Gasteiger partial charge is 0.232 e. The Hall–Kier alpha value is -0.0962. The standard InChI is InChI=1S/C7H7ClOSi2/c1-11(9-10)7-5-3-2-4-6(7)8/h2-5H,1H3.